The quantitative estimate of drug-likeness (QED) is 0.0377. The summed E-state index contributed by atoms with van der Waals surface area (Å²) < 4.78 is 38.1. The largest absolute Gasteiger partial charge is 0.744 e. The van der Waals surface area contributed by atoms with E-state index < -0.39 is 10.1 Å². The molecule has 0 fully saturated rings. The SMILES string of the molecule is CCCCCCCCCCCC[N+](CCCCCCCCCCCC)(CCCCCCCCCCCC)CCCCCCCCCCCC.CCCCCCCCCc1cc(CCCCCCCCC)c2ccccc2c1S(=O)(=O)[O-]. The van der Waals surface area contributed by atoms with Gasteiger partial charge in [0.1, 0.15) is 10.1 Å². The summed E-state index contributed by atoms with van der Waals surface area (Å²) in [5.41, 5.74) is 1.92. The third-order valence-electron chi connectivity index (χ3n) is 18.5. The number of aryl methyl sites for hydroxylation is 2. The average molecular weight is 1150 g/mol. The van der Waals surface area contributed by atoms with Gasteiger partial charge in [-0.1, -0.05) is 354 Å². The Bertz CT molecular complexity index is 1620. The van der Waals surface area contributed by atoms with E-state index in [0.29, 0.717) is 11.8 Å². The topological polar surface area (TPSA) is 57.2 Å². The Morgan fingerprint density at radius 2 is 0.494 bits per heavy atom. The molecule has 0 aliphatic heterocycles. The zero-order valence-electron chi connectivity index (χ0n) is 55.9. The lowest BCUT2D eigenvalue weighted by Gasteiger charge is -2.40. The molecule has 0 amide bonds. The molecular formula is C76H143NO3S. The standard InChI is InChI=1S/C48H100N.C28H44O3S/c1-5-9-13-17-21-25-29-33-37-41-45-49(46-42-38-34-30-26-22-18-14-10-6-2,47-43-39-35-31-27-23-19-15-11-7-3)48-44-40-36-32-28-24-20-16-12-8-4;1-3-5-7-9-11-13-15-19-24-23-25(20-16-14-12-10-8-6-4-2)28(32(29,30)31)27-22-18-17-21-26(24)27/h5-48H2,1-4H3;17-18,21-23H,3-16,19-20H2,1-2H3,(H,29,30,31)/q+1;/p-1. The monoisotopic (exact) mass is 1150 g/mol. The zero-order valence-corrected chi connectivity index (χ0v) is 56.7. The zero-order chi connectivity index (χ0) is 58.8. The number of rotatable bonds is 61. The predicted molar refractivity (Wildman–Crippen MR) is 362 cm³/mol. The van der Waals surface area contributed by atoms with Gasteiger partial charge in [-0.25, -0.2) is 8.42 Å². The number of hydrogen-bond donors (Lipinski definition) is 0. The molecule has 4 nitrogen and oxygen atoms in total. The first-order valence-electron chi connectivity index (χ1n) is 37.1. The van der Waals surface area contributed by atoms with Crippen molar-refractivity contribution in [2.24, 2.45) is 0 Å². The van der Waals surface area contributed by atoms with Crippen molar-refractivity contribution >= 4 is 20.9 Å². The highest BCUT2D eigenvalue weighted by atomic mass is 32.2. The van der Waals surface area contributed by atoms with Crippen LogP contribution in [0.2, 0.25) is 0 Å². The number of unbranched alkanes of at least 4 members (excludes halogenated alkanes) is 48. The Balaban J connectivity index is 0.000000880. The molecule has 2 rings (SSSR count). The van der Waals surface area contributed by atoms with Crippen molar-refractivity contribution < 1.29 is 17.5 Å². The second-order valence-corrected chi connectivity index (χ2v) is 27.5. The first-order chi connectivity index (χ1) is 39.7. The van der Waals surface area contributed by atoms with Crippen molar-refractivity contribution in [3.05, 3.63) is 41.5 Å². The predicted octanol–water partition coefficient (Wildman–Crippen LogP) is 25.8. The molecule has 0 atom stereocenters. The molecule has 0 aromatic heterocycles. The summed E-state index contributed by atoms with van der Waals surface area (Å²) in [4.78, 5) is 0.0161. The molecule has 0 radical (unpaired) electrons. The number of benzene rings is 2. The minimum atomic E-state index is -4.52. The second-order valence-electron chi connectivity index (χ2n) is 26.2. The van der Waals surface area contributed by atoms with Crippen LogP contribution in [0.1, 0.15) is 399 Å². The van der Waals surface area contributed by atoms with Gasteiger partial charge in [-0.2, -0.15) is 0 Å². The lowest BCUT2D eigenvalue weighted by molar-refractivity contribution is -0.929. The van der Waals surface area contributed by atoms with Gasteiger partial charge in [0.15, 0.2) is 0 Å². The Morgan fingerprint density at radius 3 is 0.741 bits per heavy atom. The number of fused-ring (bicyclic) bond motifs is 1. The van der Waals surface area contributed by atoms with Crippen molar-refractivity contribution in [3.63, 3.8) is 0 Å². The fourth-order valence-corrected chi connectivity index (χ4v) is 14.1. The highest BCUT2D eigenvalue weighted by Crippen LogP contribution is 2.33. The molecule has 81 heavy (non-hydrogen) atoms. The lowest BCUT2D eigenvalue weighted by atomic mass is 9.94. The van der Waals surface area contributed by atoms with Crippen LogP contribution in [0.15, 0.2) is 35.2 Å². The van der Waals surface area contributed by atoms with E-state index in [1.54, 1.807) is 0 Å². The summed E-state index contributed by atoms with van der Waals surface area (Å²) >= 11 is 0. The van der Waals surface area contributed by atoms with E-state index in [1.807, 2.05) is 30.3 Å². The van der Waals surface area contributed by atoms with Gasteiger partial charge in [-0.15, -0.1) is 0 Å². The van der Waals surface area contributed by atoms with Gasteiger partial charge in [0.05, 0.1) is 31.1 Å². The van der Waals surface area contributed by atoms with E-state index in [1.165, 1.54) is 364 Å². The lowest BCUT2D eigenvalue weighted by Crippen LogP contribution is -2.50. The number of quaternary nitrogens is 1. The molecular weight excluding hydrogens is 1010 g/mol. The average Bonchev–Trinajstić information content (AvgIpc) is 3.58. The van der Waals surface area contributed by atoms with Gasteiger partial charge in [-0.3, -0.25) is 0 Å². The van der Waals surface area contributed by atoms with Crippen LogP contribution in [0.3, 0.4) is 0 Å². The van der Waals surface area contributed by atoms with E-state index in [4.69, 9.17) is 0 Å². The van der Waals surface area contributed by atoms with E-state index in [9.17, 15) is 13.0 Å². The summed E-state index contributed by atoms with van der Waals surface area (Å²) in [5, 5.41) is 1.54. The second kappa shape index (κ2) is 57.6. The van der Waals surface area contributed by atoms with Crippen LogP contribution in [0.5, 0.6) is 0 Å². The Kier molecular flexibility index (Phi) is 55.2. The van der Waals surface area contributed by atoms with E-state index >= 15 is 0 Å². The summed E-state index contributed by atoms with van der Waals surface area (Å²) in [5.74, 6) is 0. The molecule has 0 saturated heterocycles. The van der Waals surface area contributed by atoms with E-state index in [2.05, 4.69) is 41.5 Å². The molecule has 0 heterocycles. The fraction of sp³-hybridized carbons (Fsp3) is 0.868. The maximum Gasteiger partial charge on any atom is 0.125 e. The van der Waals surface area contributed by atoms with Crippen LogP contribution >= 0.6 is 0 Å². The summed E-state index contributed by atoms with van der Waals surface area (Å²) in [6.45, 7) is 19.8. The smallest absolute Gasteiger partial charge is 0.125 e. The third kappa shape index (κ3) is 44.7. The van der Waals surface area contributed by atoms with Crippen LogP contribution in [0, 0.1) is 0 Å². The molecule has 0 saturated carbocycles. The summed E-state index contributed by atoms with van der Waals surface area (Å²) in [6.07, 6.45) is 77.3. The highest BCUT2D eigenvalue weighted by molar-refractivity contribution is 7.86. The van der Waals surface area contributed by atoms with Crippen LogP contribution < -0.4 is 0 Å². The number of hydrogen-bond acceptors (Lipinski definition) is 3. The molecule has 2 aromatic carbocycles. The molecule has 5 heteroatoms. The van der Waals surface area contributed by atoms with Crippen molar-refractivity contribution in [2.45, 2.75) is 406 Å². The highest BCUT2D eigenvalue weighted by Gasteiger charge is 2.26. The van der Waals surface area contributed by atoms with E-state index in [-0.39, 0.29) is 4.90 Å². The molecule has 0 aliphatic rings. The third-order valence-corrected chi connectivity index (χ3v) is 19.4. The Labute approximate surface area is 509 Å². The first-order valence-corrected chi connectivity index (χ1v) is 38.5. The van der Waals surface area contributed by atoms with Crippen LogP contribution in [-0.2, 0) is 23.0 Å². The van der Waals surface area contributed by atoms with Crippen LogP contribution in [0.4, 0.5) is 0 Å². The summed E-state index contributed by atoms with van der Waals surface area (Å²) in [6, 6.07) is 9.59. The molecule has 2 aromatic rings. The maximum absolute atomic E-state index is 12.2. The van der Waals surface area contributed by atoms with E-state index in [0.717, 1.165) is 36.6 Å². The van der Waals surface area contributed by atoms with Gasteiger partial charge in [0.25, 0.3) is 0 Å². The molecule has 0 spiro atoms. The maximum atomic E-state index is 12.2. The van der Waals surface area contributed by atoms with Gasteiger partial charge >= 0.3 is 0 Å². The molecule has 0 aliphatic carbocycles. The minimum Gasteiger partial charge on any atom is -0.744 e. The van der Waals surface area contributed by atoms with Crippen LogP contribution in [0.25, 0.3) is 10.8 Å². The number of nitrogens with zero attached hydrogens (tertiary/aromatic N) is 1. The van der Waals surface area contributed by atoms with Gasteiger partial charge in [0.2, 0.25) is 0 Å². The van der Waals surface area contributed by atoms with Gasteiger partial charge in [-0.05, 0) is 98.9 Å². The van der Waals surface area contributed by atoms with Crippen molar-refractivity contribution in [1.29, 1.82) is 0 Å². The van der Waals surface area contributed by atoms with Crippen molar-refractivity contribution in [1.82, 2.24) is 0 Å². The van der Waals surface area contributed by atoms with Gasteiger partial charge < -0.3 is 9.04 Å². The van der Waals surface area contributed by atoms with Crippen molar-refractivity contribution in [3.8, 4) is 0 Å². The summed E-state index contributed by atoms with van der Waals surface area (Å²) in [7, 11) is -4.52. The molecule has 0 N–H and O–H groups in total. The molecule has 0 unspecified atom stereocenters. The van der Waals surface area contributed by atoms with Crippen LogP contribution in [-0.4, -0.2) is 43.6 Å². The molecule has 0 bridgehead atoms. The fourth-order valence-electron chi connectivity index (χ4n) is 13.1. The van der Waals surface area contributed by atoms with Crippen molar-refractivity contribution in [2.75, 3.05) is 26.2 Å². The Morgan fingerprint density at radius 1 is 0.284 bits per heavy atom. The molecule has 476 valence electrons. The normalized spacial score (nSPS) is 12.0. The van der Waals surface area contributed by atoms with Gasteiger partial charge in [0, 0.05) is 0 Å². The minimum absolute atomic E-state index is 0.0161. The Hall–Kier alpha value is -1.43. The first kappa shape index (κ1) is 77.6.